The number of piperidine rings is 1. The van der Waals surface area contributed by atoms with Gasteiger partial charge in [0.2, 0.25) is 17.6 Å². The van der Waals surface area contributed by atoms with Crippen molar-refractivity contribution in [3.63, 3.8) is 0 Å². The summed E-state index contributed by atoms with van der Waals surface area (Å²) in [6, 6.07) is 18.0. The zero-order chi connectivity index (χ0) is 35.3. The number of aromatic nitrogens is 2. The number of carboxylic acid groups (broad SMARTS) is 1. The Balaban J connectivity index is 0.00000504. The monoisotopic (exact) mass is 723 g/mol. The predicted molar refractivity (Wildman–Crippen MR) is 196 cm³/mol. The second kappa shape index (κ2) is 16.6. The van der Waals surface area contributed by atoms with Gasteiger partial charge < -0.3 is 34.4 Å². The van der Waals surface area contributed by atoms with Gasteiger partial charge in [-0.1, -0.05) is 24.3 Å². The summed E-state index contributed by atoms with van der Waals surface area (Å²) >= 11 is 0. The van der Waals surface area contributed by atoms with Crippen molar-refractivity contribution in [1.29, 1.82) is 0 Å². The molecular formula is C38H47ClFN5O6. The molecule has 0 radical (unpaired) electrons. The standard InChI is InChI=1S/C38H46FN5O6.ClH/c1-48-32-21-27(22-33(49-2)35(32)50-3)24-43-20-16-38(36(43)47,23-26-9-11-28(39)12-10-26)15-6-17-42-18-13-29(14-19-42)40-37-41-30-7-4-5-8-31(30)44(37)25-34(45)46;/h4-5,7-12,21-22,29H,6,13-20,23-25H2,1-3H3,(H,40,41)(H,45,46);1H. The van der Waals surface area contributed by atoms with Gasteiger partial charge in [0.25, 0.3) is 0 Å². The van der Waals surface area contributed by atoms with Gasteiger partial charge in [-0.15, -0.1) is 12.4 Å². The first-order chi connectivity index (χ1) is 24.2. The fourth-order valence-electron chi connectivity index (χ4n) is 7.57. The summed E-state index contributed by atoms with van der Waals surface area (Å²) in [4.78, 5) is 34.9. The molecule has 13 heteroatoms. The number of ether oxygens (including phenoxy) is 3. The Morgan fingerprint density at radius 2 is 1.67 bits per heavy atom. The highest BCUT2D eigenvalue weighted by atomic mass is 35.5. The first-order valence-corrected chi connectivity index (χ1v) is 17.2. The van der Waals surface area contributed by atoms with E-state index in [0.717, 1.165) is 73.9 Å². The molecule has 2 aliphatic rings. The molecule has 0 aliphatic carbocycles. The Kier molecular flexibility index (Phi) is 12.3. The Hall–Kier alpha value is -4.55. The number of imidazole rings is 1. The lowest BCUT2D eigenvalue weighted by Crippen LogP contribution is -2.41. The molecule has 4 aromatic rings. The van der Waals surface area contributed by atoms with E-state index in [9.17, 15) is 19.1 Å². The molecule has 0 bridgehead atoms. The van der Waals surface area contributed by atoms with Crippen LogP contribution >= 0.6 is 12.4 Å². The Labute approximate surface area is 304 Å². The maximum atomic E-state index is 14.3. The fraction of sp³-hybridized carbons (Fsp3) is 0.447. The van der Waals surface area contributed by atoms with Crippen molar-refractivity contribution in [2.75, 3.05) is 52.8 Å². The minimum Gasteiger partial charge on any atom is -0.493 e. The molecule has 2 aliphatic heterocycles. The van der Waals surface area contributed by atoms with Gasteiger partial charge >= 0.3 is 5.97 Å². The molecule has 3 heterocycles. The lowest BCUT2D eigenvalue weighted by Gasteiger charge is -2.34. The van der Waals surface area contributed by atoms with Gasteiger partial charge in [0, 0.05) is 32.2 Å². The molecule has 1 amide bonds. The van der Waals surface area contributed by atoms with Crippen LogP contribution in [0.1, 0.15) is 43.2 Å². The van der Waals surface area contributed by atoms with Crippen LogP contribution in [0.2, 0.25) is 0 Å². The molecule has 51 heavy (non-hydrogen) atoms. The maximum absolute atomic E-state index is 14.3. The van der Waals surface area contributed by atoms with Crippen LogP contribution in [-0.2, 0) is 29.1 Å². The summed E-state index contributed by atoms with van der Waals surface area (Å²) in [6.07, 6.45) is 4.67. The van der Waals surface area contributed by atoms with Crippen LogP contribution in [0.25, 0.3) is 11.0 Å². The van der Waals surface area contributed by atoms with Crippen LogP contribution in [0.15, 0.2) is 60.7 Å². The molecule has 6 rings (SSSR count). The molecule has 274 valence electrons. The van der Waals surface area contributed by atoms with Gasteiger partial charge in [-0.25, -0.2) is 9.37 Å². The van der Waals surface area contributed by atoms with Crippen molar-refractivity contribution in [3.8, 4) is 17.2 Å². The SMILES string of the molecule is COc1cc(CN2CCC(CCCN3CCC(Nc4nc5ccccc5n4CC(=O)O)CC3)(Cc3ccc(F)cc3)C2=O)cc(OC)c1OC.Cl. The van der Waals surface area contributed by atoms with E-state index in [2.05, 4.69) is 15.2 Å². The molecule has 3 aromatic carbocycles. The van der Waals surface area contributed by atoms with E-state index in [1.807, 2.05) is 41.3 Å². The number of likely N-dealkylation sites (tertiary alicyclic amines) is 2. The smallest absolute Gasteiger partial charge is 0.323 e. The zero-order valence-electron chi connectivity index (χ0n) is 29.4. The second-order valence-corrected chi connectivity index (χ2v) is 13.4. The van der Waals surface area contributed by atoms with E-state index >= 15 is 0 Å². The van der Waals surface area contributed by atoms with Crippen LogP contribution in [0.3, 0.4) is 0 Å². The lowest BCUT2D eigenvalue weighted by atomic mass is 9.76. The first-order valence-electron chi connectivity index (χ1n) is 17.2. The summed E-state index contributed by atoms with van der Waals surface area (Å²) in [5.74, 6) is 1.10. The van der Waals surface area contributed by atoms with Crippen LogP contribution in [0.5, 0.6) is 17.2 Å². The van der Waals surface area contributed by atoms with Crippen molar-refractivity contribution >= 4 is 41.3 Å². The Bertz CT molecular complexity index is 1790. The van der Waals surface area contributed by atoms with E-state index in [1.54, 1.807) is 38.0 Å². The number of hydrogen-bond donors (Lipinski definition) is 2. The summed E-state index contributed by atoms with van der Waals surface area (Å²) < 4.78 is 32.1. The van der Waals surface area contributed by atoms with Gasteiger partial charge in [-0.2, -0.15) is 0 Å². The largest absolute Gasteiger partial charge is 0.493 e. The Morgan fingerprint density at radius 3 is 2.31 bits per heavy atom. The van der Waals surface area contributed by atoms with Crippen LogP contribution < -0.4 is 19.5 Å². The van der Waals surface area contributed by atoms with E-state index < -0.39 is 11.4 Å². The summed E-state index contributed by atoms with van der Waals surface area (Å²) in [7, 11) is 4.72. The topological polar surface area (TPSA) is 118 Å². The molecule has 0 spiro atoms. The second-order valence-electron chi connectivity index (χ2n) is 13.4. The third-order valence-corrected chi connectivity index (χ3v) is 10.2. The van der Waals surface area contributed by atoms with Crippen LogP contribution in [-0.4, -0.2) is 89.9 Å². The number of fused-ring (bicyclic) bond motifs is 1. The van der Waals surface area contributed by atoms with Crippen molar-refractivity contribution < 1.29 is 33.3 Å². The van der Waals surface area contributed by atoms with Gasteiger partial charge in [-0.05, 0) is 92.6 Å². The van der Waals surface area contributed by atoms with E-state index in [0.29, 0.717) is 42.7 Å². The maximum Gasteiger partial charge on any atom is 0.323 e. The third-order valence-electron chi connectivity index (χ3n) is 10.2. The van der Waals surface area contributed by atoms with Gasteiger partial charge in [0.15, 0.2) is 11.5 Å². The summed E-state index contributed by atoms with van der Waals surface area (Å²) in [5.41, 5.74) is 2.83. The zero-order valence-corrected chi connectivity index (χ0v) is 30.2. The number of amides is 1. The number of nitrogens with one attached hydrogen (secondary N) is 1. The number of carbonyl (C=O) groups excluding carboxylic acids is 1. The molecule has 0 saturated carbocycles. The summed E-state index contributed by atoms with van der Waals surface area (Å²) in [6.45, 7) is 3.55. The summed E-state index contributed by atoms with van der Waals surface area (Å²) in [5, 5.41) is 13.0. The van der Waals surface area contributed by atoms with Crippen molar-refractivity contribution in [1.82, 2.24) is 19.4 Å². The number of halogens is 2. The average molecular weight is 724 g/mol. The number of aliphatic carboxylic acids is 1. The molecule has 1 atom stereocenters. The molecule has 11 nitrogen and oxygen atoms in total. The van der Waals surface area contributed by atoms with Gasteiger partial charge in [0.1, 0.15) is 12.4 Å². The first kappa shape index (κ1) is 37.7. The van der Waals surface area contributed by atoms with Crippen LogP contribution in [0, 0.1) is 11.2 Å². The van der Waals surface area contributed by atoms with Gasteiger partial charge in [0.05, 0.1) is 37.8 Å². The Morgan fingerprint density at radius 1 is 0.980 bits per heavy atom. The fourth-order valence-corrected chi connectivity index (χ4v) is 7.57. The van der Waals surface area contributed by atoms with Gasteiger partial charge in [-0.3, -0.25) is 14.2 Å². The number of carboxylic acids is 1. The number of benzene rings is 3. The molecule has 1 unspecified atom stereocenters. The normalized spacial score (nSPS) is 18.1. The molecule has 2 N–H and O–H groups in total. The van der Waals surface area contributed by atoms with Crippen molar-refractivity contribution in [2.24, 2.45) is 5.41 Å². The van der Waals surface area contributed by atoms with Crippen molar-refractivity contribution in [2.45, 2.75) is 57.7 Å². The minimum absolute atomic E-state index is 0. The number of anilines is 1. The number of hydrogen-bond acceptors (Lipinski definition) is 8. The van der Waals surface area contributed by atoms with E-state index in [1.165, 1.54) is 12.1 Å². The number of carbonyl (C=O) groups is 2. The number of methoxy groups -OCH3 is 3. The van der Waals surface area contributed by atoms with Crippen LogP contribution in [0.4, 0.5) is 10.3 Å². The third kappa shape index (κ3) is 8.50. The highest BCUT2D eigenvalue weighted by Gasteiger charge is 2.46. The molecular weight excluding hydrogens is 677 g/mol. The number of rotatable bonds is 15. The van der Waals surface area contributed by atoms with E-state index in [4.69, 9.17) is 14.2 Å². The minimum atomic E-state index is -0.909. The predicted octanol–water partition coefficient (Wildman–Crippen LogP) is 6.03. The van der Waals surface area contributed by atoms with Crippen molar-refractivity contribution in [3.05, 3.63) is 77.6 Å². The number of nitrogens with zero attached hydrogens (tertiary/aromatic N) is 4. The quantitative estimate of drug-likeness (QED) is 0.152. The average Bonchev–Trinajstić information content (AvgIpc) is 3.61. The molecule has 2 fully saturated rings. The van der Waals surface area contributed by atoms with E-state index in [-0.39, 0.29) is 36.7 Å². The highest BCUT2D eigenvalue weighted by Crippen LogP contribution is 2.43. The number of para-hydroxylation sites is 2. The highest BCUT2D eigenvalue weighted by molar-refractivity contribution is 5.86. The lowest BCUT2D eigenvalue weighted by molar-refractivity contribution is -0.138. The molecule has 1 aromatic heterocycles. The molecule has 2 saturated heterocycles.